The third-order valence-corrected chi connectivity index (χ3v) is 13.8. The molecular weight excluding hydrogens is 1000 g/mol. The first-order valence-electron chi connectivity index (χ1n) is 21.6. The molecule has 382 valence electrons. The van der Waals surface area contributed by atoms with Gasteiger partial charge in [-0.1, -0.05) is 31.0 Å². The van der Waals surface area contributed by atoms with E-state index in [1.807, 2.05) is 0 Å². The van der Waals surface area contributed by atoms with Gasteiger partial charge in [0.2, 0.25) is 28.1 Å². The van der Waals surface area contributed by atoms with Gasteiger partial charge in [0.1, 0.15) is 33.3 Å². The van der Waals surface area contributed by atoms with Crippen molar-refractivity contribution in [1.82, 2.24) is 29.7 Å². The highest BCUT2D eigenvalue weighted by atomic mass is 32.2. The Morgan fingerprint density at radius 1 is 0.972 bits per heavy atom. The van der Waals surface area contributed by atoms with E-state index >= 15 is 0 Å². The van der Waals surface area contributed by atoms with Crippen LogP contribution >= 0.6 is 7.82 Å². The molecule has 2 amide bonds. The highest BCUT2D eigenvalue weighted by molar-refractivity contribution is 7.86. The number of aromatic amines is 1. The molecule has 14 N–H and O–H groups in total. The summed E-state index contributed by atoms with van der Waals surface area (Å²) in [6.45, 7) is 0.00134. The van der Waals surface area contributed by atoms with Crippen LogP contribution in [0.5, 0.6) is 0 Å². The number of carbonyl (C=O) groups is 2. The third-order valence-electron chi connectivity index (χ3n) is 11.5. The van der Waals surface area contributed by atoms with Crippen LogP contribution in [0.3, 0.4) is 0 Å². The number of nitrogens with one attached hydrogen (secondary N) is 3. The second kappa shape index (κ2) is 20.8. The van der Waals surface area contributed by atoms with E-state index in [2.05, 4.69) is 30.1 Å². The fourth-order valence-corrected chi connectivity index (χ4v) is 10.1. The number of H-pyrrole nitrogens is 1. The number of benzene rings is 3. The zero-order valence-corrected chi connectivity index (χ0v) is 39.9. The lowest BCUT2D eigenvalue weighted by atomic mass is 9.90. The first-order valence-corrected chi connectivity index (χ1v) is 25.9. The minimum atomic E-state index is -5.35. The molecule has 0 radical (unpaired) electrons. The Morgan fingerprint density at radius 3 is 2.37 bits per heavy atom. The zero-order valence-electron chi connectivity index (χ0n) is 37.4. The standard InChI is InChI=1S/C41H49N10O17PS2/c1-50(38(56)21-10-5-4-9-20(21)28-22-12-14-24(42)34(70(60,61)62)32(22)68-33-23(28)13-15-25(43)35(33)71(63,64)65)18-8-11-27(52)45-16-6-2-3-7-17-46-41-47-29-36(48-40(44)49-37(29)55)51(41)39-31(54)30(53)26(67-39)19-66-69(57,58)59/h4-5,9-10,12-15,26,30-31,39,42,53-54H,2-3,6-8,11,16-19,43H2,1H3,(H,45,52)(H,46,47)(H2,57,58,59)(H,60,61,62)(H,63,64,65)(H3,44,48,49,55)/t26-,30-,31-,39-/m1/s1. The Morgan fingerprint density at radius 2 is 1.68 bits per heavy atom. The highest BCUT2D eigenvalue weighted by Crippen LogP contribution is 2.46. The summed E-state index contributed by atoms with van der Waals surface area (Å²) in [6, 6.07) is 11.1. The van der Waals surface area contributed by atoms with Crippen molar-refractivity contribution in [3.63, 3.8) is 0 Å². The molecule has 1 aliphatic carbocycles. The molecule has 2 aliphatic heterocycles. The van der Waals surface area contributed by atoms with Crippen LogP contribution in [0.2, 0.25) is 0 Å². The summed E-state index contributed by atoms with van der Waals surface area (Å²) in [4.78, 5) is 67.9. The predicted octanol–water partition coefficient (Wildman–Crippen LogP) is -1.02. The Bertz CT molecular complexity index is 3400. The average Bonchev–Trinajstić information content (AvgIpc) is 3.78. The van der Waals surface area contributed by atoms with Crippen molar-refractivity contribution in [3.8, 4) is 22.5 Å². The molecule has 2 aromatic carbocycles. The van der Waals surface area contributed by atoms with E-state index in [4.69, 9.17) is 35.8 Å². The van der Waals surface area contributed by atoms with E-state index in [1.54, 1.807) is 12.1 Å². The number of unbranched alkanes of at least 4 members (excludes halogenated alkanes) is 3. The van der Waals surface area contributed by atoms with Crippen LogP contribution < -0.4 is 38.4 Å². The molecule has 0 bridgehead atoms. The van der Waals surface area contributed by atoms with E-state index in [1.165, 1.54) is 46.8 Å². The number of carbonyl (C=O) groups excluding carboxylic acids is 2. The highest BCUT2D eigenvalue weighted by Gasteiger charge is 2.46. The minimum absolute atomic E-state index is 0.0128. The van der Waals surface area contributed by atoms with Gasteiger partial charge in [0, 0.05) is 61.2 Å². The number of aliphatic hydroxyl groups excluding tert-OH is 2. The monoisotopic (exact) mass is 1050 g/mol. The minimum Gasteiger partial charge on any atom is -0.744 e. The number of imidazole rings is 1. The lowest BCUT2D eigenvalue weighted by molar-refractivity contribution is -0.176. The van der Waals surface area contributed by atoms with Gasteiger partial charge in [0.25, 0.3) is 11.5 Å². The molecule has 27 nitrogen and oxygen atoms in total. The van der Waals surface area contributed by atoms with Crippen molar-refractivity contribution >= 4 is 79.6 Å². The van der Waals surface area contributed by atoms with Crippen molar-refractivity contribution in [3.05, 3.63) is 69.8 Å². The lowest BCUT2D eigenvalue weighted by Gasteiger charge is -2.23. The predicted molar refractivity (Wildman–Crippen MR) is 248 cm³/mol. The molecule has 71 heavy (non-hydrogen) atoms. The number of phosphoric ester groups is 1. The summed E-state index contributed by atoms with van der Waals surface area (Å²) < 4.78 is 101. The van der Waals surface area contributed by atoms with Crippen molar-refractivity contribution < 1.29 is 79.2 Å². The third kappa shape index (κ3) is 11.4. The molecule has 7 rings (SSSR count). The van der Waals surface area contributed by atoms with Gasteiger partial charge in [-0.2, -0.15) is 13.4 Å². The van der Waals surface area contributed by atoms with Crippen LogP contribution in [0.25, 0.3) is 44.6 Å². The van der Waals surface area contributed by atoms with E-state index < -0.39 is 103 Å². The maximum atomic E-state index is 14.1. The SMILES string of the molecule is CN(CCCC(=O)NCCCCCCNc1nc2c(=O)[nH]c(N)nc2n1[C@@H]1O[C@H](COP(=O)(O)O)[C@@H](O)[C@H]1O)C(=O)c1ccccc1-c1c2ccc(=[NH2+])c(S(=O)(=O)O)c-2oc2c(S(=O)(=O)[O-])c(N)ccc12. The van der Waals surface area contributed by atoms with Crippen LogP contribution in [0.4, 0.5) is 17.6 Å². The smallest absolute Gasteiger partial charge is 0.469 e. The summed E-state index contributed by atoms with van der Waals surface area (Å²) in [6.07, 6.45) is -3.22. The lowest BCUT2D eigenvalue weighted by Crippen LogP contribution is -2.47. The Labute approximate surface area is 402 Å². The normalized spacial score (nSPS) is 17.6. The maximum absolute atomic E-state index is 14.1. The number of nitrogens with zero attached hydrogens (tertiary/aromatic N) is 4. The van der Waals surface area contributed by atoms with Gasteiger partial charge >= 0.3 is 17.9 Å². The topological polar surface area (TPSA) is 444 Å². The summed E-state index contributed by atoms with van der Waals surface area (Å²) in [5, 5.41) is 32.7. The number of nitrogens with two attached hydrogens (primary N) is 3. The number of rotatable bonds is 20. The molecule has 1 fully saturated rings. The Balaban J connectivity index is 0.935. The van der Waals surface area contributed by atoms with Gasteiger partial charge in [0.05, 0.1) is 12.3 Å². The average molecular weight is 1050 g/mol. The zero-order chi connectivity index (χ0) is 51.7. The quantitative estimate of drug-likeness (QED) is 0.0143. The molecule has 0 saturated carbocycles. The Kier molecular flexibility index (Phi) is 15.3. The van der Waals surface area contributed by atoms with Crippen LogP contribution in [-0.4, -0.2) is 134 Å². The van der Waals surface area contributed by atoms with Crippen molar-refractivity contribution in [2.24, 2.45) is 0 Å². The van der Waals surface area contributed by atoms with Crippen LogP contribution in [0.1, 0.15) is 55.1 Å². The van der Waals surface area contributed by atoms with Gasteiger partial charge in [-0.3, -0.25) is 38.4 Å². The number of aromatic nitrogens is 4. The van der Waals surface area contributed by atoms with Crippen molar-refractivity contribution in [2.75, 3.05) is 50.1 Å². The number of amides is 2. The summed E-state index contributed by atoms with van der Waals surface area (Å²) in [5.74, 6) is -1.65. The summed E-state index contributed by atoms with van der Waals surface area (Å²) in [7, 11) is -13.9. The van der Waals surface area contributed by atoms with E-state index in [0.29, 0.717) is 38.8 Å². The number of phosphoric acid groups is 1. The number of hydrogen-bond acceptors (Lipinski definition) is 19. The van der Waals surface area contributed by atoms with E-state index in [9.17, 15) is 55.1 Å². The number of hydrogen-bond donors (Lipinski definition) is 11. The number of aliphatic hydroxyl groups is 2. The first-order chi connectivity index (χ1) is 33.4. The van der Waals surface area contributed by atoms with E-state index in [0.717, 1.165) is 6.07 Å². The van der Waals surface area contributed by atoms with Crippen LogP contribution in [-0.2, 0) is 38.9 Å². The largest absolute Gasteiger partial charge is 0.744 e. The molecular formula is C41H49N10O17PS2. The number of fused-ring (bicyclic) bond motifs is 3. The number of ether oxygens (including phenoxy) is 1. The fraction of sp³-hybridized carbons (Fsp3) is 0.366. The molecule has 3 aliphatic rings. The van der Waals surface area contributed by atoms with Gasteiger partial charge in [-0.25, -0.2) is 18.0 Å². The van der Waals surface area contributed by atoms with Crippen LogP contribution in [0.15, 0.2) is 67.5 Å². The Hall–Kier alpha value is -6.37. The van der Waals surface area contributed by atoms with Gasteiger partial charge in [0.15, 0.2) is 28.7 Å². The van der Waals surface area contributed by atoms with Gasteiger partial charge < -0.3 is 60.7 Å². The molecule has 0 spiro atoms. The van der Waals surface area contributed by atoms with Crippen LogP contribution in [0, 0.1) is 0 Å². The molecule has 1 saturated heterocycles. The second-order valence-corrected chi connectivity index (χ2v) is 20.4. The fourth-order valence-electron chi connectivity index (χ4n) is 8.22. The second-order valence-electron chi connectivity index (χ2n) is 16.5. The molecule has 4 heterocycles. The molecule has 0 unspecified atom stereocenters. The van der Waals surface area contributed by atoms with Crippen molar-refractivity contribution in [2.45, 2.75) is 72.9 Å². The number of nitrogen functional groups attached to an aromatic ring is 2. The molecule has 4 aromatic rings. The summed E-state index contributed by atoms with van der Waals surface area (Å²) >= 11 is 0. The van der Waals surface area contributed by atoms with Crippen molar-refractivity contribution in [1.29, 1.82) is 0 Å². The maximum Gasteiger partial charge on any atom is 0.469 e. The summed E-state index contributed by atoms with van der Waals surface area (Å²) in [5.41, 5.74) is 9.85. The molecule has 30 heteroatoms. The first kappa shape index (κ1) is 52.5. The van der Waals surface area contributed by atoms with E-state index in [-0.39, 0.29) is 76.0 Å². The molecule has 4 atom stereocenters. The van der Waals surface area contributed by atoms with Gasteiger partial charge in [-0.15, -0.1) is 0 Å². The number of anilines is 3. The van der Waals surface area contributed by atoms with Gasteiger partial charge in [-0.05, 0) is 49.1 Å². The molecule has 2 aromatic heterocycles.